The van der Waals surface area contributed by atoms with Crippen LogP contribution in [0.3, 0.4) is 0 Å². The first-order chi connectivity index (χ1) is 12.6. The van der Waals surface area contributed by atoms with Gasteiger partial charge in [0.1, 0.15) is 5.75 Å². The van der Waals surface area contributed by atoms with Gasteiger partial charge < -0.3 is 19.6 Å². The molecule has 1 N–H and O–H groups in total. The van der Waals surface area contributed by atoms with Gasteiger partial charge in [-0.2, -0.15) is 0 Å². The van der Waals surface area contributed by atoms with Crippen LogP contribution < -0.4 is 9.64 Å². The zero-order chi connectivity index (χ0) is 18.5. The lowest BCUT2D eigenvalue weighted by Gasteiger charge is -2.27. The molecule has 5 nitrogen and oxygen atoms in total. The summed E-state index contributed by atoms with van der Waals surface area (Å²) in [6.07, 6.45) is 0.917. The molecule has 0 aliphatic carbocycles. The van der Waals surface area contributed by atoms with E-state index in [1.165, 1.54) is 0 Å². The van der Waals surface area contributed by atoms with Crippen molar-refractivity contribution in [3.63, 3.8) is 0 Å². The van der Waals surface area contributed by atoms with E-state index in [-0.39, 0.29) is 25.2 Å². The summed E-state index contributed by atoms with van der Waals surface area (Å²) in [4.78, 5) is 16.4. The van der Waals surface area contributed by atoms with Gasteiger partial charge in [0.2, 0.25) is 0 Å². The number of carbonyl (C=O) groups excluding carboxylic acids is 1. The molecule has 1 aliphatic rings. The van der Waals surface area contributed by atoms with Gasteiger partial charge in [-0.25, -0.2) is 0 Å². The summed E-state index contributed by atoms with van der Waals surface area (Å²) in [5, 5.41) is 9.75. The average molecular weight is 375 g/mol. The first-order valence-electron chi connectivity index (χ1n) is 8.65. The number of likely N-dealkylation sites (N-methyl/N-ethyl adjacent to an activating group) is 1. The van der Waals surface area contributed by atoms with Crippen LogP contribution in [0.5, 0.6) is 5.75 Å². The lowest BCUT2D eigenvalue weighted by Crippen LogP contribution is -2.38. The third-order valence-electron chi connectivity index (χ3n) is 4.75. The van der Waals surface area contributed by atoms with Crippen molar-refractivity contribution in [3.05, 3.63) is 59.1 Å². The Bertz CT molecular complexity index is 751. The Morgan fingerprint density at radius 1 is 1.31 bits per heavy atom. The predicted octanol–water partition coefficient (Wildman–Crippen LogP) is 2.95. The van der Waals surface area contributed by atoms with Gasteiger partial charge in [0.25, 0.3) is 5.91 Å². The molecule has 3 rings (SSSR count). The number of carbonyl (C=O) groups is 1. The Morgan fingerprint density at radius 3 is 2.77 bits per heavy atom. The first kappa shape index (κ1) is 18.5. The highest BCUT2D eigenvalue weighted by Gasteiger charge is 2.29. The average Bonchev–Trinajstić information content (AvgIpc) is 3.16. The number of ether oxygens (including phenoxy) is 1. The van der Waals surface area contributed by atoms with Crippen LogP contribution in [0.1, 0.15) is 12.0 Å². The van der Waals surface area contributed by atoms with E-state index in [4.69, 9.17) is 21.4 Å². The predicted molar refractivity (Wildman–Crippen MR) is 103 cm³/mol. The molecule has 0 saturated carbocycles. The van der Waals surface area contributed by atoms with Gasteiger partial charge in [0.05, 0.1) is 6.61 Å². The normalized spacial score (nSPS) is 16.6. The second kappa shape index (κ2) is 8.43. The number of amides is 1. The van der Waals surface area contributed by atoms with Gasteiger partial charge in [-0.05, 0) is 42.3 Å². The van der Waals surface area contributed by atoms with Gasteiger partial charge in [-0.15, -0.1) is 0 Å². The van der Waals surface area contributed by atoms with Gasteiger partial charge in [0, 0.05) is 36.9 Å². The Labute approximate surface area is 158 Å². The Morgan fingerprint density at radius 2 is 2.08 bits per heavy atom. The highest BCUT2D eigenvalue weighted by Crippen LogP contribution is 2.24. The highest BCUT2D eigenvalue weighted by molar-refractivity contribution is 6.30. The van der Waals surface area contributed by atoms with Crippen molar-refractivity contribution < 1.29 is 14.6 Å². The summed E-state index contributed by atoms with van der Waals surface area (Å²) in [7, 11) is 2.03. The van der Waals surface area contributed by atoms with Crippen molar-refractivity contribution in [2.24, 2.45) is 0 Å². The van der Waals surface area contributed by atoms with E-state index in [9.17, 15) is 4.79 Å². The maximum absolute atomic E-state index is 12.4. The van der Waals surface area contributed by atoms with Gasteiger partial charge in [-0.1, -0.05) is 29.8 Å². The molecule has 1 amide bonds. The molecule has 2 aromatic carbocycles. The van der Waals surface area contributed by atoms with Crippen LogP contribution in [0.15, 0.2) is 48.5 Å². The van der Waals surface area contributed by atoms with Crippen molar-refractivity contribution in [1.82, 2.24) is 4.90 Å². The van der Waals surface area contributed by atoms with Crippen molar-refractivity contribution in [1.29, 1.82) is 0 Å². The molecule has 0 spiro atoms. The van der Waals surface area contributed by atoms with E-state index in [2.05, 4.69) is 4.90 Å². The number of likely N-dealkylation sites (tertiary alicyclic amines) is 1. The molecule has 26 heavy (non-hydrogen) atoms. The smallest absolute Gasteiger partial charge is 0.260 e. The zero-order valence-corrected chi connectivity index (χ0v) is 15.5. The highest BCUT2D eigenvalue weighted by atomic mass is 35.5. The summed E-state index contributed by atoms with van der Waals surface area (Å²) in [5.41, 5.74) is 1.87. The molecule has 0 radical (unpaired) electrons. The molecule has 6 heteroatoms. The second-order valence-electron chi connectivity index (χ2n) is 6.46. The third kappa shape index (κ3) is 4.48. The lowest BCUT2D eigenvalue weighted by molar-refractivity contribution is -0.132. The zero-order valence-electron chi connectivity index (χ0n) is 14.8. The fraction of sp³-hybridized carbons (Fsp3) is 0.350. The molecule has 1 aliphatic heterocycles. The summed E-state index contributed by atoms with van der Waals surface area (Å²) >= 11 is 6.07. The SMILES string of the molecule is CN(c1cccc(Cl)c1)C1CCN(C(=O)COc2ccc(CO)cc2)C1. The van der Waals surface area contributed by atoms with E-state index >= 15 is 0 Å². The van der Waals surface area contributed by atoms with Crippen LogP contribution in [0, 0.1) is 0 Å². The van der Waals surface area contributed by atoms with Crippen LogP contribution in [0.2, 0.25) is 5.02 Å². The minimum atomic E-state index is -0.0155. The summed E-state index contributed by atoms with van der Waals surface area (Å²) in [6, 6.07) is 15.1. The van der Waals surface area contributed by atoms with Crippen molar-refractivity contribution >= 4 is 23.2 Å². The summed E-state index contributed by atoms with van der Waals surface area (Å²) in [5.74, 6) is 0.612. The second-order valence-corrected chi connectivity index (χ2v) is 6.90. The maximum Gasteiger partial charge on any atom is 0.260 e. The number of aliphatic hydroxyl groups excluding tert-OH is 1. The summed E-state index contributed by atoms with van der Waals surface area (Å²) in [6.45, 7) is 1.41. The molecular weight excluding hydrogens is 352 g/mol. The van der Waals surface area contributed by atoms with Crippen LogP contribution in [-0.4, -0.2) is 48.7 Å². The third-order valence-corrected chi connectivity index (χ3v) is 4.98. The molecule has 1 atom stereocenters. The Balaban J connectivity index is 1.51. The minimum absolute atomic E-state index is 0.00544. The van der Waals surface area contributed by atoms with Crippen LogP contribution >= 0.6 is 11.6 Å². The van der Waals surface area contributed by atoms with E-state index in [0.29, 0.717) is 17.3 Å². The van der Waals surface area contributed by atoms with E-state index in [1.807, 2.05) is 36.2 Å². The van der Waals surface area contributed by atoms with Crippen LogP contribution in [0.4, 0.5) is 5.69 Å². The first-order valence-corrected chi connectivity index (χ1v) is 9.03. The fourth-order valence-electron chi connectivity index (χ4n) is 3.12. The molecule has 1 heterocycles. The van der Waals surface area contributed by atoms with E-state index in [0.717, 1.165) is 24.2 Å². The topological polar surface area (TPSA) is 53.0 Å². The lowest BCUT2D eigenvalue weighted by atomic mass is 10.2. The van der Waals surface area contributed by atoms with E-state index < -0.39 is 0 Å². The fourth-order valence-corrected chi connectivity index (χ4v) is 3.30. The number of aliphatic hydroxyl groups is 1. The van der Waals surface area contributed by atoms with Crippen LogP contribution in [-0.2, 0) is 11.4 Å². The molecule has 2 aromatic rings. The van der Waals surface area contributed by atoms with Gasteiger partial charge >= 0.3 is 0 Å². The molecule has 1 unspecified atom stereocenters. The Hall–Kier alpha value is -2.24. The Kier molecular flexibility index (Phi) is 6.01. The monoisotopic (exact) mass is 374 g/mol. The van der Waals surface area contributed by atoms with Crippen molar-refractivity contribution in [3.8, 4) is 5.75 Å². The number of nitrogens with zero attached hydrogens (tertiary/aromatic N) is 2. The number of benzene rings is 2. The van der Waals surface area contributed by atoms with Crippen molar-refractivity contribution in [2.45, 2.75) is 19.1 Å². The molecule has 0 aromatic heterocycles. The molecule has 0 bridgehead atoms. The number of anilines is 1. The van der Waals surface area contributed by atoms with Gasteiger partial charge in [0.15, 0.2) is 6.61 Å². The summed E-state index contributed by atoms with van der Waals surface area (Å²) < 4.78 is 5.57. The molecular formula is C20H23ClN2O3. The number of halogens is 1. The molecule has 1 fully saturated rings. The molecule has 1 saturated heterocycles. The quantitative estimate of drug-likeness (QED) is 0.844. The van der Waals surface area contributed by atoms with Crippen molar-refractivity contribution in [2.75, 3.05) is 31.6 Å². The minimum Gasteiger partial charge on any atom is -0.484 e. The standard InChI is InChI=1S/C20H23ClN2O3/c1-22(17-4-2-3-16(21)11-17)18-9-10-23(12-18)20(25)14-26-19-7-5-15(13-24)6-8-19/h2-8,11,18,24H,9-10,12-14H2,1H3. The number of rotatable bonds is 6. The maximum atomic E-state index is 12.4. The van der Waals surface area contributed by atoms with Gasteiger partial charge in [-0.3, -0.25) is 4.79 Å². The van der Waals surface area contributed by atoms with E-state index in [1.54, 1.807) is 24.3 Å². The largest absolute Gasteiger partial charge is 0.484 e. The number of hydrogen-bond donors (Lipinski definition) is 1. The molecule has 138 valence electrons. The number of hydrogen-bond acceptors (Lipinski definition) is 4. The van der Waals surface area contributed by atoms with Crippen LogP contribution in [0.25, 0.3) is 0 Å².